The topological polar surface area (TPSA) is 76.1 Å². The van der Waals surface area contributed by atoms with Crippen LogP contribution in [0.2, 0.25) is 0 Å². The Hall–Kier alpha value is -1.37. The lowest BCUT2D eigenvalue weighted by Gasteiger charge is -2.13. The van der Waals surface area contributed by atoms with Crippen molar-refractivity contribution >= 4 is 22.4 Å². The zero-order valence-corrected chi connectivity index (χ0v) is 11.8. The number of aromatic nitrogens is 2. The zero-order chi connectivity index (χ0) is 13.4. The van der Waals surface area contributed by atoms with E-state index in [9.17, 15) is 4.21 Å². The first-order chi connectivity index (χ1) is 8.69. The highest BCUT2D eigenvalue weighted by molar-refractivity contribution is 7.84. The van der Waals surface area contributed by atoms with E-state index in [1.807, 2.05) is 6.92 Å². The van der Waals surface area contributed by atoms with Crippen LogP contribution in [0.25, 0.3) is 0 Å². The van der Waals surface area contributed by atoms with Crippen LogP contribution in [0.1, 0.15) is 13.3 Å². The lowest BCUT2D eigenvalue weighted by molar-refractivity contribution is 0.414. The quantitative estimate of drug-likeness (QED) is 0.690. The van der Waals surface area contributed by atoms with E-state index in [0.717, 1.165) is 13.0 Å². The van der Waals surface area contributed by atoms with Gasteiger partial charge in [-0.15, -0.1) is 0 Å². The molecule has 1 aromatic heterocycles. The molecule has 1 atom stereocenters. The van der Waals surface area contributed by atoms with Crippen LogP contribution in [0.15, 0.2) is 6.33 Å². The Labute approximate surface area is 110 Å². The Kier molecular flexibility index (Phi) is 6.42. The number of hydrogen-bond donors (Lipinski definition) is 2. The first kappa shape index (κ1) is 14.7. The van der Waals surface area contributed by atoms with E-state index in [4.69, 9.17) is 4.74 Å². The summed E-state index contributed by atoms with van der Waals surface area (Å²) in [5.41, 5.74) is 0. The molecule has 7 heteroatoms. The Morgan fingerprint density at radius 2 is 2.00 bits per heavy atom. The van der Waals surface area contributed by atoms with Gasteiger partial charge in [-0.25, -0.2) is 9.97 Å². The number of ether oxygens (including phenoxy) is 1. The van der Waals surface area contributed by atoms with Crippen molar-refractivity contribution in [2.24, 2.45) is 0 Å². The van der Waals surface area contributed by atoms with Crippen molar-refractivity contribution < 1.29 is 8.95 Å². The van der Waals surface area contributed by atoms with Crippen molar-refractivity contribution in [1.82, 2.24) is 9.97 Å². The van der Waals surface area contributed by atoms with Gasteiger partial charge in [0.25, 0.3) is 0 Å². The summed E-state index contributed by atoms with van der Waals surface area (Å²) in [6.45, 7) is 3.46. The van der Waals surface area contributed by atoms with Crippen molar-refractivity contribution in [3.05, 3.63) is 6.33 Å². The molecule has 0 amide bonds. The van der Waals surface area contributed by atoms with Gasteiger partial charge in [-0.3, -0.25) is 4.21 Å². The average molecular weight is 272 g/mol. The second-order valence-electron chi connectivity index (χ2n) is 3.69. The molecule has 1 aromatic rings. The lowest BCUT2D eigenvalue weighted by atomic mass is 10.4. The van der Waals surface area contributed by atoms with Crippen LogP contribution < -0.4 is 15.4 Å². The summed E-state index contributed by atoms with van der Waals surface area (Å²) in [5, 5.41) is 6.28. The number of nitrogens with one attached hydrogen (secondary N) is 2. The van der Waals surface area contributed by atoms with Crippen molar-refractivity contribution in [1.29, 1.82) is 0 Å². The van der Waals surface area contributed by atoms with Gasteiger partial charge < -0.3 is 15.4 Å². The fourth-order valence-corrected chi connectivity index (χ4v) is 2.02. The second kappa shape index (κ2) is 7.86. The van der Waals surface area contributed by atoms with Gasteiger partial charge in [-0.1, -0.05) is 0 Å². The summed E-state index contributed by atoms with van der Waals surface area (Å²) in [5.74, 6) is 2.62. The third-order valence-corrected chi connectivity index (χ3v) is 3.12. The van der Waals surface area contributed by atoms with Gasteiger partial charge >= 0.3 is 0 Å². The van der Waals surface area contributed by atoms with Gasteiger partial charge in [0.2, 0.25) is 5.75 Å². The Balaban J connectivity index is 2.63. The molecule has 0 aliphatic rings. The highest BCUT2D eigenvalue weighted by atomic mass is 32.2. The van der Waals surface area contributed by atoms with Gasteiger partial charge in [-0.05, 0) is 13.3 Å². The molecule has 0 saturated heterocycles. The fraction of sp³-hybridized carbons (Fsp3) is 0.636. The number of anilines is 2. The Morgan fingerprint density at radius 3 is 2.56 bits per heavy atom. The molecule has 0 bridgehead atoms. The van der Waals surface area contributed by atoms with Crippen LogP contribution in [0.5, 0.6) is 5.75 Å². The predicted octanol–water partition coefficient (Wildman–Crippen LogP) is 1.10. The molecular weight excluding hydrogens is 252 g/mol. The number of methoxy groups -OCH3 is 1. The summed E-state index contributed by atoms with van der Waals surface area (Å²) in [4.78, 5) is 8.27. The van der Waals surface area contributed by atoms with Crippen molar-refractivity contribution in [2.75, 3.05) is 42.8 Å². The molecule has 0 fully saturated rings. The van der Waals surface area contributed by atoms with Gasteiger partial charge in [-0.2, -0.15) is 0 Å². The van der Waals surface area contributed by atoms with Gasteiger partial charge in [0, 0.05) is 35.9 Å². The lowest BCUT2D eigenvalue weighted by Crippen LogP contribution is -2.10. The fourth-order valence-electron chi connectivity index (χ4n) is 1.47. The molecule has 1 unspecified atom stereocenters. The first-order valence-electron chi connectivity index (χ1n) is 5.85. The molecule has 1 rings (SSSR count). The molecule has 0 radical (unpaired) electrons. The molecule has 6 nitrogen and oxygen atoms in total. The first-order valence-corrected chi connectivity index (χ1v) is 7.58. The molecular formula is C11H20N4O2S. The van der Waals surface area contributed by atoms with Crippen molar-refractivity contribution in [3.63, 3.8) is 0 Å². The maximum absolute atomic E-state index is 10.9. The highest BCUT2D eigenvalue weighted by Crippen LogP contribution is 2.28. The summed E-state index contributed by atoms with van der Waals surface area (Å²) < 4.78 is 16.2. The molecule has 0 aromatic carbocycles. The van der Waals surface area contributed by atoms with Gasteiger partial charge in [0.1, 0.15) is 6.33 Å². The minimum Gasteiger partial charge on any atom is -0.490 e. The standard InChI is InChI=1S/C11H20N4O2S/c1-4-12-10-9(17-2)11(15-8-14-10)13-6-5-7-18(3)16/h8H,4-7H2,1-3H3,(H2,12,13,14,15). The minimum atomic E-state index is -0.754. The van der Waals surface area contributed by atoms with Crippen LogP contribution in [-0.2, 0) is 10.8 Å². The van der Waals surface area contributed by atoms with E-state index >= 15 is 0 Å². The summed E-state index contributed by atoms with van der Waals surface area (Å²) in [6, 6.07) is 0. The SMILES string of the molecule is CCNc1ncnc(NCCCS(C)=O)c1OC. The second-order valence-corrected chi connectivity index (χ2v) is 5.25. The van der Waals surface area contributed by atoms with Gasteiger partial charge in [0.05, 0.1) is 7.11 Å². The molecule has 1 heterocycles. The predicted molar refractivity (Wildman–Crippen MR) is 74.8 cm³/mol. The zero-order valence-electron chi connectivity index (χ0n) is 11.0. The van der Waals surface area contributed by atoms with Gasteiger partial charge in [0.15, 0.2) is 11.6 Å². The minimum absolute atomic E-state index is 0.608. The summed E-state index contributed by atoms with van der Waals surface area (Å²) in [6.07, 6.45) is 4.02. The van der Waals surface area contributed by atoms with Crippen molar-refractivity contribution in [3.8, 4) is 5.75 Å². The third kappa shape index (κ3) is 4.48. The highest BCUT2D eigenvalue weighted by Gasteiger charge is 2.10. The van der Waals surface area contributed by atoms with Crippen molar-refractivity contribution in [2.45, 2.75) is 13.3 Å². The van der Waals surface area contributed by atoms with E-state index in [0.29, 0.717) is 29.7 Å². The van der Waals surface area contributed by atoms with E-state index in [1.54, 1.807) is 13.4 Å². The summed E-state index contributed by atoms with van der Waals surface area (Å²) in [7, 11) is 0.835. The Bertz CT molecular complexity index is 401. The molecule has 18 heavy (non-hydrogen) atoms. The number of nitrogens with zero attached hydrogens (tertiary/aromatic N) is 2. The van der Waals surface area contributed by atoms with E-state index in [2.05, 4.69) is 20.6 Å². The normalized spacial score (nSPS) is 11.9. The largest absolute Gasteiger partial charge is 0.490 e. The van der Waals surface area contributed by atoms with Crippen LogP contribution in [0.4, 0.5) is 11.6 Å². The Morgan fingerprint density at radius 1 is 1.33 bits per heavy atom. The molecule has 102 valence electrons. The van der Waals surface area contributed by atoms with Crippen LogP contribution in [0.3, 0.4) is 0 Å². The van der Waals surface area contributed by atoms with E-state index in [-0.39, 0.29) is 0 Å². The number of rotatable bonds is 8. The molecule has 0 spiro atoms. The molecule has 0 aliphatic heterocycles. The smallest absolute Gasteiger partial charge is 0.204 e. The van der Waals surface area contributed by atoms with Crippen LogP contribution >= 0.6 is 0 Å². The monoisotopic (exact) mass is 272 g/mol. The molecule has 0 saturated carbocycles. The number of hydrogen-bond acceptors (Lipinski definition) is 6. The van der Waals surface area contributed by atoms with Crippen LogP contribution in [0, 0.1) is 0 Å². The van der Waals surface area contributed by atoms with E-state index in [1.165, 1.54) is 6.33 Å². The summed E-state index contributed by atoms with van der Waals surface area (Å²) >= 11 is 0. The van der Waals surface area contributed by atoms with E-state index < -0.39 is 10.8 Å². The average Bonchev–Trinajstić information content (AvgIpc) is 2.35. The maximum atomic E-state index is 10.9. The maximum Gasteiger partial charge on any atom is 0.204 e. The molecule has 2 N–H and O–H groups in total. The van der Waals surface area contributed by atoms with Crippen LogP contribution in [-0.4, -0.2) is 46.4 Å². The third-order valence-electron chi connectivity index (χ3n) is 2.25. The molecule has 0 aliphatic carbocycles.